The minimum Gasteiger partial charge on any atom is -0.395 e. The van der Waals surface area contributed by atoms with Crippen molar-refractivity contribution in [2.24, 2.45) is 5.92 Å². The third kappa shape index (κ3) is 4.37. The predicted molar refractivity (Wildman–Crippen MR) is 85.5 cm³/mol. The normalized spacial score (nSPS) is 14.8. The van der Waals surface area contributed by atoms with Crippen LogP contribution in [0.1, 0.15) is 32.3 Å². The van der Waals surface area contributed by atoms with Crippen LogP contribution in [0.3, 0.4) is 0 Å². The molecule has 1 aliphatic carbocycles. The fraction of sp³-hybridized carbons (Fsp3) is 0.625. The van der Waals surface area contributed by atoms with Gasteiger partial charge >= 0.3 is 0 Å². The van der Waals surface area contributed by atoms with E-state index in [1.54, 1.807) is 0 Å². The molecule has 1 saturated carbocycles. The monoisotopic (exact) mass is 296 g/mol. The van der Waals surface area contributed by atoms with Gasteiger partial charge in [-0.25, -0.2) is 0 Å². The van der Waals surface area contributed by atoms with Gasteiger partial charge < -0.3 is 15.3 Å². The zero-order valence-corrected chi connectivity index (χ0v) is 13.2. The number of benzene rings is 1. The summed E-state index contributed by atoms with van der Waals surface area (Å²) in [4.78, 5) is 2.30. The van der Waals surface area contributed by atoms with Crippen molar-refractivity contribution in [2.45, 2.75) is 39.3 Å². The molecular weight excluding hydrogens is 272 g/mol. The second-order valence-corrected chi connectivity index (χ2v) is 6.38. The van der Waals surface area contributed by atoms with Crippen LogP contribution in [0.4, 0.5) is 5.69 Å². The van der Waals surface area contributed by atoms with Crippen LogP contribution in [0.25, 0.3) is 0 Å². The van der Waals surface area contributed by atoms with Crippen molar-refractivity contribution in [3.63, 3.8) is 0 Å². The fourth-order valence-corrected chi connectivity index (χ4v) is 2.61. The van der Waals surface area contributed by atoms with Crippen molar-refractivity contribution >= 4 is 17.3 Å². The van der Waals surface area contributed by atoms with Crippen LogP contribution in [0.2, 0.25) is 5.02 Å². The van der Waals surface area contributed by atoms with Gasteiger partial charge in [0.25, 0.3) is 0 Å². The molecule has 4 heteroatoms. The lowest BCUT2D eigenvalue weighted by Gasteiger charge is -2.27. The van der Waals surface area contributed by atoms with Crippen molar-refractivity contribution in [3.05, 3.63) is 28.8 Å². The first-order valence-corrected chi connectivity index (χ1v) is 7.86. The molecule has 3 nitrogen and oxygen atoms in total. The molecule has 0 aromatic heterocycles. The Balaban J connectivity index is 2.13. The van der Waals surface area contributed by atoms with Crippen LogP contribution >= 0.6 is 11.6 Å². The van der Waals surface area contributed by atoms with Gasteiger partial charge in [-0.05, 0) is 43.0 Å². The van der Waals surface area contributed by atoms with Crippen LogP contribution in [0.5, 0.6) is 0 Å². The molecule has 2 rings (SSSR count). The number of hydrogen-bond acceptors (Lipinski definition) is 3. The van der Waals surface area contributed by atoms with Gasteiger partial charge in [0.2, 0.25) is 0 Å². The van der Waals surface area contributed by atoms with Gasteiger partial charge in [0.05, 0.1) is 6.61 Å². The SMILES string of the molecule is CC(C)CNCc1ccc(Cl)cc1N(CCO)C1CC1. The second kappa shape index (κ2) is 7.30. The summed E-state index contributed by atoms with van der Waals surface area (Å²) in [5, 5.41) is 13.5. The van der Waals surface area contributed by atoms with Crippen LogP contribution in [-0.4, -0.2) is 30.8 Å². The van der Waals surface area contributed by atoms with Gasteiger partial charge in [-0.3, -0.25) is 0 Å². The van der Waals surface area contributed by atoms with Gasteiger partial charge in [-0.2, -0.15) is 0 Å². The molecule has 0 atom stereocenters. The van der Waals surface area contributed by atoms with Gasteiger partial charge in [0, 0.05) is 29.8 Å². The van der Waals surface area contributed by atoms with E-state index in [-0.39, 0.29) is 6.61 Å². The molecule has 1 fully saturated rings. The maximum absolute atomic E-state index is 9.29. The fourth-order valence-electron chi connectivity index (χ4n) is 2.44. The Morgan fingerprint density at radius 3 is 2.75 bits per heavy atom. The van der Waals surface area contributed by atoms with E-state index in [4.69, 9.17) is 11.6 Å². The average Bonchev–Trinajstić information content (AvgIpc) is 3.22. The van der Waals surface area contributed by atoms with Crippen molar-refractivity contribution in [1.29, 1.82) is 0 Å². The topological polar surface area (TPSA) is 35.5 Å². The van der Waals surface area contributed by atoms with Gasteiger partial charge in [0.15, 0.2) is 0 Å². The van der Waals surface area contributed by atoms with Crippen molar-refractivity contribution in [1.82, 2.24) is 5.32 Å². The Kier molecular flexibility index (Phi) is 5.70. The van der Waals surface area contributed by atoms with Crippen molar-refractivity contribution in [2.75, 3.05) is 24.6 Å². The van der Waals surface area contributed by atoms with E-state index >= 15 is 0 Å². The molecule has 0 unspecified atom stereocenters. The van der Waals surface area contributed by atoms with E-state index in [1.807, 2.05) is 12.1 Å². The molecule has 0 saturated heterocycles. The molecule has 0 amide bonds. The Hall–Kier alpha value is -0.770. The third-order valence-corrected chi connectivity index (χ3v) is 3.79. The first-order chi connectivity index (χ1) is 9.61. The number of nitrogens with one attached hydrogen (secondary N) is 1. The highest BCUT2D eigenvalue weighted by Crippen LogP contribution is 2.34. The second-order valence-electron chi connectivity index (χ2n) is 5.95. The van der Waals surface area contributed by atoms with Gasteiger partial charge in [-0.15, -0.1) is 0 Å². The Morgan fingerprint density at radius 1 is 1.40 bits per heavy atom. The molecule has 1 aromatic rings. The molecule has 112 valence electrons. The summed E-state index contributed by atoms with van der Waals surface area (Å²) in [6, 6.07) is 6.64. The Morgan fingerprint density at radius 2 is 2.15 bits per heavy atom. The lowest BCUT2D eigenvalue weighted by molar-refractivity contribution is 0.301. The molecule has 0 spiro atoms. The number of hydrogen-bond donors (Lipinski definition) is 2. The highest BCUT2D eigenvalue weighted by atomic mass is 35.5. The summed E-state index contributed by atoms with van der Waals surface area (Å²) < 4.78 is 0. The smallest absolute Gasteiger partial charge is 0.0606 e. The van der Waals surface area contributed by atoms with Crippen LogP contribution in [0.15, 0.2) is 18.2 Å². The molecular formula is C16H25ClN2O. The minimum absolute atomic E-state index is 0.182. The van der Waals surface area contributed by atoms with E-state index in [1.165, 1.54) is 24.1 Å². The number of nitrogens with zero attached hydrogens (tertiary/aromatic N) is 1. The van der Waals surface area contributed by atoms with E-state index in [0.717, 1.165) is 18.1 Å². The number of halogens is 1. The number of anilines is 1. The molecule has 0 heterocycles. The Bertz CT molecular complexity index is 432. The maximum atomic E-state index is 9.29. The first kappa shape index (κ1) is 15.6. The zero-order chi connectivity index (χ0) is 14.5. The number of aliphatic hydroxyl groups is 1. The lowest BCUT2D eigenvalue weighted by Crippen LogP contribution is -2.30. The predicted octanol–water partition coefficient (Wildman–Crippen LogP) is 3.05. The molecule has 0 bridgehead atoms. The van der Waals surface area contributed by atoms with Gasteiger partial charge in [-0.1, -0.05) is 31.5 Å². The summed E-state index contributed by atoms with van der Waals surface area (Å²) in [6.07, 6.45) is 2.43. The van der Waals surface area contributed by atoms with E-state index in [0.29, 0.717) is 18.5 Å². The summed E-state index contributed by atoms with van der Waals surface area (Å²) in [7, 11) is 0. The standard InChI is InChI=1S/C16H25ClN2O/c1-12(2)10-18-11-13-3-4-14(17)9-16(13)19(7-8-20)15-5-6-15/h3-4,9,12,15,18,20H,5-8,10-11H2,1-2H3. The van der Waals surface area contributed by atoms with Crippen molar-refractivity contribution in [3.8, 4) is 0 Å². The molecule has 1 aliphatic rings. The third-order valence-electron chi connectivity index (χ3n) is 3.55. The minimum atomic E-state index is 0.182. The zero-order valence-electron chi connectivity index (χ0n) is 12.4. The molecule has 20 heavy (non-hydrogen) atoms. The van der Waals surface area contributed by atoms with Crippen LogP contribution in [0, 0.1) is 5.92 Å². The van der Waals surface area contributed by atoms with E-state index in [2.05, 4.69) is 30.1 Å². The highest BCUT2D eigenvalue weighted by Gasteiger charge is 2.30. The summed E-state index contributed by atoms with van der Waals surface area (Å²) >= 11 is 6.16. The maximum Gasteiger partial charge on any atom is 0.0606 e. The number of rotatable bonds is 8. The summed E-state index contributed by atoms with van der Waals surface area (Å²) in [5.74, 6) is 0.641. The van der Waals surface area contributed by atoms with Gasteiger partial charge in [0.1, 0.15) is 0 Å². The molecule has 1 aromatic carbocycles. The molecule has 2 N–H and O–H groups in total. The average molecular weight is 297 g/mol. The first-order valence-electron chi connectivity index (χ1n) is 7.48. The number of aliphatic hydroxyl groups excluding tert-OH is 1. The van der Waals surface area contributed by atoms with Crippen LogP contribution in [-0.2, 0) is 6.54 Å². The Labute approximate surface area is 126 Å². The van der Waals surface area contributed by atoms with Crippen molar-refractivity contribution < 1.29 is 5.11 Å². The molecule has 0 aliphatic heterocycles. The van der Waals surface area contributed by atoms with Crippen LogP contribution < -0.4 is 10.2 Å². The van der Waals surface area contributed by atoms with E-state index < -0.39 is 0 Å². The largest absolute Gasteiger partial charge is 0.395 e. The summed E-state index contributed by atoms with van der Waals surface area (Å²) in [5.41, 5.74) is 2.43. The molecule has 0 radical (unpaired) electrons. The van der Waals surface area contributed by atoms with E-state index in [9.17, 15) is 5.11 Å². The quantitative estimate of drug-likeness (QED) is 0.774. The summed E-state index contributed by atoms with van der Waals surface area (Å²) in [6.45, 7) is 7.13. The lowest BCUT2D eigenvalue weighted by atomic mass is 10.1. The highest BCUT2D eigenvalue weighted by molar-refractivity contribution is 6.30.